The van der Waals surface area contributed by atoms with Crippen molar-refractivity contribution in [2.45, 2.75) is 39.0 Å². The summed E-state index contributed by atoms with van der Waals surface area (Å²) in [6, 6.07) is 0. The third-order valence-electron chi connectivity index (χ3n) is 2.57. The molecule has 2 heterocycles. The van der Waals surface area contributed by atoms with Crippen LogP contribution in [0.2, 0.25) is 10.3 Å². The minimum Gasteiger partial charge on any atom is -0.325 e. The lowest BCUT2D eigenvalue weighted by Gasteiger charge is -1.95. The zero-order valence-electron chi connectivity index (χ0n) is 9.63. The fourth-order valence-corrected chi connectivity index (χ4v) is 1.93. The second-order valence-electron chi connectivity index (χ2n) is 3.97. The number of halogens is 2. The van der Waals surface area contributed by atoms with Crippen molar-refractivity contribution in [2.24, 2.45) is 0 Å². The van der Waals surface area contributed by atoms with Crippen molar-refractivity contribution < 1.29 is 0 Å². The number of aromatic nitrogens is 4. The molecule has 2 aromatic heterocycles. The molecule has 6 heteroatoms. The van der Waals surface area contributed by atoms with Gasteiger partial charge in [-0.15, -0.1) is 0 Å². The molecule has 0 radical (unpaired) electrons. The molecule has 0 saturated carbocycles. The van der Waals surface area contributed by atoms with Crippen LogP contribution in [0.5, 0.6) is 0 Å². The number of aryl methyl sites for hydroxylation is 1. The zero-order valence-corrected chi connectivity index (χ0v) is 11.1. The van der Waals surface area contributed by atoms with Gasteiger partial charge in [-0.05, 0) is 6.42 Å². The van der Waals surface area contributed by atoms with Crippen LogP contribution in [0.3, 0.4) is 0 Å². The number of fused-ring (bicyclic) bond motifs is 1. The van der Waals surface area contributed by atoms with Crippen LogP contribution in [0.25, 0.3) is 11.3 Å². The van der Waals surface area contributed by atoms with Crippen molar-refractivity contribution in [1.29, 1.82) is 0 Å². The van der Waals surface area contributed by atoms with Gasteiger partial charge in [-0.3, -0.25) is 0 Å². The topological polar surface area (TPSA) is 54.5 Å². The van der Waals surface area contributed by atoms with E-state index in [2.05, 4.69) is 26.9 Å². The smallest absolute Gasteiger partial charge is 0.199 e. The molecule has 0 fully saturated rings. The van der Waals surface area contributed by atoms with E-state index in [0.717, 1.165) is 18.7 Å². The number of hydrogen-bond acceptors (Lipinski definition) is 3. The standard InChI is InChI=1S/C11H14Cl2N4/c1-2-3-4-5-6-7-14-10-11(15-7)17-9(13)8(12)16-10/h2-6H2,1H3,(H,14,15,16,17). The molecular weight excluding hydrogens is 259 g/mol. The van der Waals surface area contributed by atoms with E-state index in [-0.39, 0.29) is 10.3 Å². The van der Waals surface area contributed by atoms with E-state index in [0.29, 0.717) is 11.3 Å². The Hall–Kier alpha value is -0.870. The summed E-state index contributed by atoms with van der Waals surface area (Å²) >= 11 is 11.6. The summed E-state index contributed by atoms with van der Waals surface area (Å²) in [7, 11) is 0. The number of aromatic amines is 1. The molecule has 0 aliphatic heterocycles. The molecule has 2 rings (SSSR count). The second kappa shape index (κ2) is 5.65. The van der Waals surface area contributed by atoms with Crippen LogP contribution in [-0.2, 0) is 6.42 Å². The average Bonchev–Trinajstić information content (AvgIpc) is 2.67. The highest BCUT2D eigenvalue weighted by molar-refractivity contribution is 6.40. The predicted octanol–water partition coefficient (Wildman–Crippen LogP) is 3.78. The maximum Gasteiger partial charge on any atom is 0.199 e. The first kappa shape index (κ1) is 12.6. The van der Waals surface area contributed by atoms with Crippen molar-refractivity contribution in [3.8, 4) is 0 Å². The summed E-state index contributed by atoms with van der Waals surface area (Å²) in [6.07, 6.45) is 5.74. The molecule has 4 nitrogen and oxygen atoms in total. The summed E-state index contributed by atoms with van der Waals surface area (Å²) < 4.78 is 0. The summed E-state index contributed by atoms with van der Waals surface area (Å²) in [4.78, 5) is 15.6. The number of hydrogen-bond donors (Lipinski definition) is 1. The monoisotopic (exact) mass is 272 g/mol. The van der Waals surface area contributed by atoms with E-state index in [1.807, 2.05) is 0 Å². The highest BCUT2D eigenvalue weighted by atomic mass is 35.5. The Morgan fingerprint density at radius 1 is 1.00 bits per heavy atom. The van der Waals surface area contributed by atoms with Crippen LogP contribution in [0.4, 0.5) is 0 Å². The molecule has 17 heavy (non-hydrogen) atoms. The Kier molecular flexibility index (Phi) is 4.18. The Morgan fingerprint density at radius 3 is 2.53 bits per heavy atom. The van der Waals surface area contributed by atoms with Gasteiger partial charge >= 0.3 is 0 Å². The highest BCUT2D eigenvalue weighted by Crippen LogP contribution is 2.19. The maximum absolute atomic E-state index is 5.79. The minimum atomic E-state index is 0.197. The van der Waals surface area contributed by atoms with Crippen molar-refractivity contribution >= 4 is 34.5 Å². The molecule has 0 aliphatic rings. The Morgan fingerprint density at radius 2 is 1.76 bits per heavy atom. The van der Waals surface area contributed by atoms with Crippen LogP contribution in [-0.4, -0.2) is 19.9 Å². The van der Waals surface area contributed by atoms with Gasteiger partial charge in [-0.1, -0.05) is 49.4 Å². The van der Waals surface area contributed by atoms with Crippen LogP contribution >= 0.6 is 23.2 Å². The van der Waals surface area contributed by atoms with E-state index in [9.17, 15) is 0 Å². The average molecular weight is 273 g/mol. The molecule has 0 saturated heterocycles. The Bertz CT molecular complexity index is 470. The van der Waals surface area contributed by atoms with Crippen LogP contribution < -0.4 is 0 Å². The summed E-state index contributed by atoms with van der Waals surface area (Å²) in [5, 5.41) is 0.406. The molecule has 0 amide bonds. The van der Waals surface area contributed by atoms with Gasteiger partial charge in [0.05, 0.1) is 0 Å². The van der Waals surface area contributed by atoms with Crippen molar-refractivity contribution in [3.05, 3.63) is 16.1 Å². The molecule has 0 spiro atoms. The van der Waals surface area contributed by atoms with E-state index in [4.69, 9.17) is 23.2 Å². The molecular formula is C11H14Cl2N4. The van der Waals surface area contributed by atoms with Crippen molar-refractivity contribution in [2.75, 3.05) is 0 Å². The first-order valence-corrected chi connectivity index (χ1v) is 6.54. The van der Waals surface area contributed by atoms with Gasteiger partial charge in [0.15, 0.2) is 21.6 Å². The largest absolute Gasteiger partial charge is 0.325 e. The second-order valence-corrected chi connectivity index (χ2v) is 4.69. The lowest BCUT2D eigenvalue weighted by atomic mass is 10.1. The highest BCUT2D eigenvalue weighted by Gasteiger charge is 2.09. The SMILES string of the molecule is CCCCCCc1nc2nc(Cl)c(Cl)nc2[nH]1. The molecule has 0 aromatic carbocycles. The molecule has 2 aromatic rings. The Balaban J connectivity index is 2.09. The predicted molar refractivity (Wildman–Crippen MR) is 69.5 cm³/mol. The van der Waals surface area contributed by atoms with E-state index < -0.39 is 0 Å². The van der Waals surface area contributed by atoms with E-state index in [1.165, 1.54) is 19.3 Å². The minimum absolute atomic E-state index is 0.197. The lowest BCUT2D eigenvalue weighted by Crippen LogP contribution is -1.88. The first-order chi connectivity index (χ1) is 8.20. The fraction of sp³-hybridized carbons (Fsp3) is 0.545. The number of imidazole rings is 1. The number of unbranched alkanes of at least 4 members (excludes halogenated alkanes) is 3. The van der Waals surface area contributed by atoms with Gasteiger partial charge in [0.1, 0.15) is 5.82 Å². The molecule has 0 bridgehead atoms. The van der Waals surface area contributed by atoms with Gasteiger partial charge in [0, 0.05) is 6.42 Å². The maximum atomic E-state index is 5.79. The van der Waals surface area contributed by atoms with Crippen LogP contribution in [0, 0.1) is 0 Å². The third kappa shape index (κ3) is 3.07. The van der Waals surface area contributed by atoms with Gasteiger partial charge < -0.3 is 4.98 Å². The first-order valence-electron chi connectivity index (χ1n) is 5.78. The van der Waals surface area contributed by atoms with Gasteiger partial charge in [0.25, 0.3) is 0 Å². The molecule has 1 N–H and O–H groups in total. The van der Waals surface area contributed by atoms with Gasteiger partial charge in [-0.2, -0.15) is 0 Å². The molecule has 0 unspecified atom stereocenters. The quantitative estimate of drug-likeness (QED) is 0.843. The number of nitrogens with zero attached hydrogens (tertiary/aromatic N) is 3. The summed E-state index contributed by atoms with van der Waals surface area (Å²) in [5.41, 5.74) is 1.13. The Labute approximate surface area is 110 Å². The van der Waals surface area contributed by atoms with Crippen LogP contribution in [0.15, 0.2) is 0 Å². The van der Waals surface area contributed by atoms with Gasteiger partial charge in [-0.25, -0.2) is 15.0 Å². The number of rotatable bonds is 5. The van der Waals surface area contributed by atoms with Crippen molar-refractivity contribution in [1.82, 2.24) is 19.9 Å². The molecule has 0 aliphatic carbocycles. The lowest BCUT2D eigenvalue weighted by molar-refractivity contribution is 0.656. The molecule has 0 atom stereocenters. The summed E-state index contributed by atoms with van der Waals surface area (Å²) in [5.74, 6) is 0.898. The third-order valence-corrected chi connectivity index (χ3v) is 3.19. The normalized spacial score (nSPS) is 11.2. The van der Waals surface area contributed by atoms with Gasteiger partial charge in [0.2, 0.25) is 0 Å². The summed E-state index contributed by atoms with van der Waals surface area (Å²) in [6.45, 7) is 2.19. The number of nitrogens with one attached hydrogen (secondary N) is 1. The molecule has 92 valence electrons. The van der Waals surface area contributed by atoms with Crippen molar-refractivity contribution in [3.63, 3.8) is 0 Å². The zero-order chi connectivity index (χ0) is 12.3. The van der Waals surface area contributed by atoms with E-state index in [1.54, 1.807) is 0 Å². The van der Waals surface area contributed by atoms with E-state index >= 15 is 0 Å². The van der Waals surface area contributed by atoms with Crippen LogP contribution in [0.1, 0.15) is 38.4 Å². The fourth-order valence-electron chi connectivity index (χ4n) is 1.68. The number of H-pyrrole nitrogens is 1.